The SMILES string of the molecule is CNC(=O)NC(=O)[C@@H](OC(=O)c1cccc2ccccc12)c1ccccc1. The molecular formula is C21H18N2O4. The van der Waals surface area contributed by atoms with Crippen molar-refractivity contribution in [2.45, 2.75) is 6.10 Å². The average Bonchev–Trinajstić information content (AvgIpc) is 2.71. The van der Waals surface area contributed by atoms with E-state index in [1.165, 1.54) is 7.05 Å². The highest BCUT2D eigenvalue weighted by Crippen LogP contribution is 2.23. The van der Waals surface area contributed by atoms with Crippen molar-refractivity contribution in [3.8, 4) is 0 Å². The van der Waals surface area contributed by atoms with Gasteiger partial charge in [-0.25, -0.2) is 9.59 Å². The lowest BCUT2D eigenvalue weighted by atomic mass is 10.0. The van der Waals surface area contributed by atoms with E-state index >= 15 is 0 Å². The van der Waals surface area contributed by atoms with Crippen molar-refractivity contribution in [1.82, 2.24) is 10.6 Å². The summed E-state index contributed by atoms with van der Waals surface area (Å²) >= 11 is 0. The molecule has 1 atom stereocenters. The number of rotatable bonds is 4. The Kier molecular flexibility index (Phi) is 5.47. The number of esters is 1. The van der Waals surface area contributed by atoms with Crippen LogP contribution in [0.1, 0.15) is 22.0 Å². The van der Waals surface area contributed by atoms with Crippen LogP contribution in [0.25, 0.3) is 10.8 Å². The zero-order chi connectivity index (χ0) is 19.2. The third kappa shape index (κ3) is 4.12. The van der Waals surface area contributed by atoms with Crippen molar-refractivity contribution in [3.63, 3.8) is 0 Å². The molecule has 0 aromatic heterocycles. The van der Waals surface area contributed by atoms with E-state index in [-0.39, 0.29) is 0 Å². The van der Waals surface area contributed by atoms with E-state index in [2.05, 4.69) is 10.6 Å². The highest BCUT2D eigenvalue weighted by Gasteiger charge is 2.27. The van der Waals surface area contributed by atoms with Gasteiger partial charge in [-0.2, -0.15) is 0 Å². The van der Waals surface area contributed by atoms with Crippen LogP contribution in [-0.2, 0) is 9.53 Å². The molecule has 3 aromatic rings. The molecule has 3 amide bonds. The number of carbonyl (C=O) groups excluding carboxylic acids is 3. The first kappa shape index (κ1) is 18.1. The van der Waals surface area contributed by atoms with E-state index in [0.717, 1.165) is 10.8 Å². The second-order valence-electron chi connectivity index (χ2n) is 5.79. The van der Waals surface area contributed by atoms with Gasteiger partial charge in [-0.3, -0.25) is 10.1 Å². The summed E-state index contributed by atoms with van der Waals surface area (Å²) in [7, 11) is 1.39. The lowest BCUT2D eigenvalue weighted by molar-refractivity contribution is -0.129. The molecule has 0 spiro atoms. The lowest BCUT2D eigenvalue weighted by Crippen LogP contribution is -2.41. The maximum atomic E-state index is 12.8. The Balaban J connectivity index is 1.92. The van der Waals surface area contributed by atoms with Gasteiger partial charge < -0.3 is 10.1 Å². The molecule has 3 rings (SSSR count). The molecule has 6 heteroatoms. The van der Waals surface area contributed by atoms with Gasteiger partial charge in [0, 0.05) is 12.6 Å². The van der Waals surface area contributed by atoms with Crippen molar-refractivity contribution in [1.29, 1.82) is 0 Å². The van der Waals surface area contributed by atoms with Crippen LogP contribution < -0.4 is 10.6 Å². The number of nitrogens with one attached hydrogen (secondary N) is 2. The zero-order valence-electron chi connectivity index (χ0n) is 14.6. The van der Waals surface area contributed by atoms with Gasteiger partial charge in [0.05, 0.1) is 5.56 Å². The molecule has 0 aliphatic rings. The van der Waals surface area contributed by atoms with Gasteiger partial charge in [-0.1, -0.05) is 66.7 Å². The van der Waals surface area contributed by atoms with E-state index < -0.39 is 24.0 Å². The Hall–Kier alpha value is -3.67. The van der Waals surface area contributed by atoms with E-state index in [9.17, 15) is 14.4 Å². The molecule has 0 radical (unpaired) electrons. The van der Waals surface area contributed by atoms with Gasteiger partial charge in [0.2, 0.25) is 6.10 Å². The van der Waals surface area contributed by atoms with Crippen molar-refractivity contribution in [2.75, 3.05) is 7.05 Å². The van der Waals surface area contributed by atoms with Gasteiger partial charge in [-0.15, -0.1) is 0 Å². The first-order valence-electron chi connectivity index (χ1n) is 8.36. The number of amides is 3. The topological polar surface area (TPSA) is 84.5 Å². The Morgan fingerprint density at radius 3 is 2.26 bits per heavy atom. The summed E-state index contributed by atoms with van der Waals surface area (Å²) < 4.78 is 5.51. The minimum Gasteiger partial charge on any atom is -0.444 e. The molecule has 0 saturated heterocycles. The third-order valence-corrected chi connectivity index (χ3v) is 4.04. The van der Waals surface area contributed by atoms with Gasteiger partial charge in [-0.05, 0) is 16.8 Å². The van der Waals surface area contributed by atoms with Crippen LogP contribution in [-0.4, -0.2) is 25.0 Å². The van der Waals surface area contributed by atoms with Crippen molar-refractivity contribution in [2.24, 2.45) is 0 Å². The van der Waals surface area contributed by atoms with Crippen LogP contribution in [0, 0.1) is 0 Å². The summed E-state index contributed by atoms with van der Waals surface area (Å²) in [4.78, 5) is 36.8. The van der Waals surface area contributed by atoms with Gasteiger partial charge in [0.1, 0.15) is 0 Å². The summed E-state index contributed by atoms with van der Waals surface area (Å²) in [5.74, 6) is -1.37. The van der Waals surface area contributed by atoms with Crippen molar-refractivity contribution >= 4 is 28.7 Å². The Labute approximate surface area is 156 Å². The number of ether oxygens (including phenoxy) is 1. The second-order valence-corrected chi connectivity index (χ2v) is 5.79. The quantitative estimate of drug-likeness (QED) is 0.698. The van der Waals surface area contributed by atoms with Crippen LogP contribution in [0.15, 0.2) is 72.8 Å². The van der Waals surface area contributed by atoms with Crippen LogP contribution in [0.2, 0.25) is 0 Å². The Morgan fingerprint density at radius 1 is 0.852 bits per heavy atom. The lowest BCUT2D eigenvalue weighted by Gasteiger charge is -2.18. The van der Waals surface area contributed by atoms with E-state index in [1.807, 2.05) is 30.3 Å². The summed E-state index contributed by atoms with van der Waals surface area (Å²) in [6.07, 6.45) is -1.25. The first-order chi connectivity index (χ1) is 13.1. The highest BCUT2D eigenvalue weighted by atomic mass is 16.5. The fourth-order valence-electron chi connectivity index (χ4n) is 2.71. The molecule has 6 nitrogen and oxygen atoms in total. The maximum Gasteiger partial charge on any atom is 0.339 e. The molecule has 136 valence electrons. The molecule has 0 heterocycles. The number of carbonyl (C=O) groups is 3. The van der Waals surface area contributed by atoms with Gasteiger partial charge in [0.25, 0.3) is 5.91 Å². The van der Waals surface area contributed by atoms with Gasteiger partial charge >= 0.3 is 12.0 Å². The summed E-state index contributed by atoms with van der Waals surface area (Å²) in [5, 5.41) is 6.07. The zero-order valence-corrected chi connectivity index (χ0v) is 14.6. The number of hydrogen-bond acceptors (Lipinski definition) is 4. The fraction of sp³-hybridized carbons (Fsp3) is 0.0952. The molecule has 0 aliphatic carbocycles. The number of hydrogen-bond donors (Lipinski definition) is 2. The summed E-state index contributed by atoms with van der Waals surface area (Å²) in [6, 6.07) is 20.5. The summed E-state index contributed by atoms with van der Waals surface area (Å²) in [6.45, 7) is 0. The first-order valence-corrected chi connectivity index (χ1v) is 8.36. The monoisotopic (exact) mass is 362 g/mol. The molecule has 0 aliphatic heterocycles. The molecule has 3 aromatic carbocycles. The van der Waals surface area contributed by atoms with Crippen LogP contribution >= 0.6 is 0 Å². The third-order valence-electron chi connectivity index (χ3n) is 4.04. The summed E-state index contributed by atoms with van der Waals surface area (Å²) in [5.41, 5.74) is 0.814. The van der Waals surface area contributed by atoms with E-state index in [0.29, 0.717) is 11.1 Å². The van der Waals surface area contributed by atoms with Crippen molar-refractivity contribution in [3.05, 3.63) is 83.9 Å². The smallest absolute Gasteiger partial charge is 0.339 e. The van der Waals surface area contributed by atoms with Crippen LogP contribution in [0.5, 0.6) is 0 Å². The molecule has 0 saturated carbocycles. The van der Waals surface area contributed by atoms with Crippen LogP contribution in [0.4, 0.5) is 4.79 Å². The molecule has 0 unspecified atom stereocenters. The highest BCUT2D eigenvalue weighted by molar-refractivity contribution is 6.06. The molecule has 27 heavy (non-hydrogen) atoms. The van der Waals surface area contributed by atoms with Crippen molar-refractivity contribution < 1.29 is 19.1 Å². The number of benzene rings is 3. The number of fused-ring (bicyclic) bond motifs is 1. The van der Waals surface area contributed by atoms with E-state index in [1.54, 1.807) is 42.5 Å². The van der Waals surface area contributed by atoms with E-state index in [4.69, 9.17) is 4.74 Å². The Morgan fingerprint density at radius 2 is 1.52 bits per heavy atom. The maximum absolute atomic E-state index is 12.8. The predicted molar refractivity (Wildman–Crippen MR) is 101 cm³/mol. The normalized spacial score (nSPS) is 11.4. The van der Waals surface area contributed by atoms with Gasteiger partial charge in [0.15, 0.2) is 0 Å². The number of imide groups is 1. The van der Waals surface area contributed by atoms with Crippen LogP contribution in [0.3, 0.4) is 0 Å². The second kappa shape index (κ2) is 8.14. The largest absolute Gasteiger partial charge is 0.444 e. The molecular weight excluding hydrogens is 344 g/mol. The molecule has 0 bridgehead atoms. The number of urea groups is 1. The minimum atomic E-state index is -1.25. The fourth-order valence-corrected chi connectivity index (χ4v) is 2.71. The predicted octanol–water partition coefficient (Wildman–Crippen LogP) is 3.19. The molecule has 2 N–H and O–H groups in total. The molecule has 0 fully saturated rings. The minimum absolute atomic E-state index is 0.349. The standard InChI is InChI=1S/C21H18N2O4/c1-22-21(26)23-19(24)18(15-9-3-2-4-10-15)27-20(25)17-13-7-11-14-8-5-6-12-16(14)17/h2-13,18H,1H3,(H2,22,23,24,26)/t18-/m0/s1. The average molecular weight is 362 g/mol. The Bertz CT molecular complexity index is 980.